The van der Waals surface area contributed by atoms with Crippen molar-refractivity contribution in [3.05, 3.63) is 54.1 Å². The Morgan fingerprint density at radius 2 is 1.87 bits per heavy atom. The van der Waals surface area contributed by atoms with Crippen LogP contribution < -0.4 is 15.4 Å². The Kier molecular flexibility index (Phi) is 5.59. The number of nitrogens with zero attached hydrogens (tertiary/aromatic N) is 3. The molecule has 0 spiro atoms. The Bertz CT molecular complexity index is 1090. The summed E-state index contributed by atoms with van der Waals surface area (Å²) in [5.74, 6) is -0.0506. The molecule has 0 saturated carbocycles. The van der Waals surface area contributed by atoms with E-state index in [0.29, 0.717) is 19.0 Å². The molecular formula is C20H17F4N5O2. The van der Waals surface area contributed by atoms with E-state index in [-0.39, 0.29) is 34.7 Å². The Morgan fingerprint density at radius 3 is 2.55 bits per heavy atom. The number of nitrogens with one attached hydrogen (secondary N) is 2. The van der Waals surface area contributed by atoms with Crippen LogP contribution >= 0.6 is 0 Å². The minimum absolute atomic E-state index is 0.0171. The molecular weight excluding hydrogens is 418 g/mol. The second kappa shape index (κ2) is 8.34. The van der Waals surface area contributed by atoms with Crippen molar-refractivity contribution in [1.29, 1.82) is 0 Å². The van der Waals surface area contributed by atoms with E-state index in [0.717, 1.165) is 12.3 Å². The van der Waals surface area contributed by atoms with E-state index >= 15 is 0 Å². The normalized spacial score (nSPS) is 14.1. The Labute approximate surface area is 174 Å². The van der Waals surface area contributed by atoms with E-state index in [2.05, 4.69) is 25.6 Å². The number of benzene rings is 1. The number of rotatable bonds is 6. The maximum atomic E-state index is 14.8. The number of anilines is 3. The summed E-state index contributed by atoms with van der Waals surface area (Å²) in [6, 6.07) is 8.31. The van der Waals surface area contributed by atoms with Crippen LogP contribution in [0.1, 0.15) is 5.69 Å². The molecule has 1 aliphatic rings. The smallest absolute Gasteiger partial charge is 0.433 e. The molecule has 162 valence electrons. The highest BCUT2D eigenvalue weighted by Crippen LogP contribution is 2.31. The van der Waals surface area contributed by atoms with Gasteiger partial charge in [-0.3, -0.25) is 4.98 Å². The zero-order valence-corrected chi connectivity index (χ0v) is 16.2. The minimum atomic E-state index is -4.59. The van der Waals surface area contributed by atoms with Crippen LogP contribution in [0, 0.1) is 5.82 Å². The Morgan fingerprint density at radius 1 is 1.10 bits per heavy atom. The van der Waals surface area contributed by atoms with E-state index in [4.69, 9.17) is 9.47 Å². The van der Waals surface area contributed by atoms with Crippen molar-refractivity contribution in [1.82, 2.24) is 15.0 Å². The van der Waals surface area contributed by atoms with Crippen LogP contribution in [0.2, 0.25) is 0 Å². The average molecular weight is 435 g/mol. The Hall–Kier alpha value is -3.47. The first-order valence-corrected chi connectivity index (χ1v) is 9.20. The number of halogens is 4. The molecule has 31 heavy (non-hydrogen) atoms. The molecule has 0 radical (unpaired) electrons. The zero-order valence-electron chi connectivity index (χ0n) is 16.2. The molecule has 3 aromatic rings. The van der Waals surface area contributed by atoms with Gasteiger partial charge < -0.3 is 20.1 Å². The van der Waals surface area contributed by atoms with Crippen molar-refractivity contribution in [2.24, 2.45) is 0 Å². The standard InChI is InChI=1S/C20H17F4N5O2/c1-30-14-4-2-3-13(18(14)21)19-28-16(8-17(29-19)27-12-9-31-10-12)26-11-5-6-25-15(7-11)20(22,23)24/h2-8,12H,9-10H2,1H3,(H2,25,26,27,28,29). The van der Waals surface area contributed by atoms with Gasteiger partial charge in [0.2, 0.25) is 0 Å². The average Bonchev–Trinajstić information content (AvgIpc) is 2.70. The van der Waals surface area contributed by atoms with E-state index in [1.807, 2.05) is 0 Å². The van der Waals surface area contributed by atoms with Crippen LogP contribution in [-0.4, -0.2) is 41.3 Å². The lowest BCUT2D eigenvalue weighted by Crippen LogP contribution is -2.40. The van der Waals surface area contributed by atoms with Gasteiger partial charge >= 0.3 is 6.18 Å². The third kappa shape index (κ3) is 4.66. The fourth-order valence-corrected chi connectivity index (χ4v) is 2.89. The summed E-state index contributed by atoms with van der Waals surface area (Å²) in [4.78, 5) is 12.0. The fourth-order valence-electron chi connectivity index (χ4n) is 2.89. The van der Waals surface area contributed by atoms with Crippen LogP contribution in [0.25, 0.3) is 11.4 Å². The highest BCUT2D eigenvalue weighted by atomic mass is 19.4. The predicted octanol–water partition coefficient (Wildman–Crippen LogP) is 4.26. The highest BCUT2D eigenvalue weighted by molar-refractivity contribution is 5.66. The van der Waals surface area contributed by atoms with Crippen molar-refractivity contribution in [3.63, 3.8) is 0 Å². The van der Waals surface area contributed by atoms with Gasteiger partial charge in [0.1, 0.15) is 17.3 Å². The van der Waals surface area contributed by atoms with Gasteiger partial charge in [0, 0.05) is 18.0 Å². The second-order valence-electron chi connectivity index (χ2n) is 6.72. The maximum Gasteiger partial charge on any atom is 0.433 e. The fraction of sp³-hybridized carbons (Fsp3) is 0.250. The van der Waals surface area contributed by atoms with E-state index in [9.17, 15) is 17.6 Å². The molecule has 11 heteroatoms. The van der Waals surface area contributed by atoms with Gasteiger partial charge in [-0.05, 0) is 24.3 Å². The summed E-state index contributed by atoms with van der Waals surface area (Å²) in [5.41, 5.74) is -0.840. The number of hydrogen-bond donors (Lipinski definition) is 2. The molecule has 3 heterocycles. The molecule has 7 nitrogen and oxygen atoms in total. The van der Waals surface area contributed by atoms with Crippen LogP contribution in [-0.2, 0) is 10.9 Å². The number of ether oxygens (including phenoxy) is 2. The van der Waals surface area contributed by atoms with E-state index < -0.39 is 17.7 Å². The molecule has 1 aromatic carbocycles. The van der Waals surface area contributed by atoms with Gasteiger partial charge in [-0.1, -0.05) is 6.07 Å². The first kappa shape index (κ1) is 20.8. The van der Waals surface area contributed by atoms with Gasteiger partial charge in [-0.25, -0.2) is 14.4 Å². The van der Waals surface area contributed by atoms with Crippen molar-refractivity contribution < 1.29 is 27.0 Å². The Balaban J connectivity index is 1.72. The summed E-state index contributed by atoms with van der Waals surface area (Å²) in [6.45, 7) is 0.962. The van der Waals surface area contributed by atoms with Gasteiger partial charge in [-0.2, -0.15) is 13.2 Å². The van der Waals surface area contributed by atoms with Crippen LogP contribution in [0.15, 0.2) is 42.6 Å². The van der Waals surface area contributed by atoms with Gasteiger partial charge in [0.15, 0.2) is 17.4 Å². The molecule has 1 fully saturated rings. The van der Waals surface area contributed by atoms with Crippen molar-refractivity contribution in [3.8, 4) is 17.1 Å². The molecule has 0 atom stereocenters. The topological polar surface area (TPSA) is 81.2 Å². The van der Waals surface area contributed by atoms with E-state index in [1.54, 1.807) is 6.07 Å². The van der Waals surface area contributed by atoms with Crippen LogP contribution in [0.4, 0.5) is 34.9 Å². The molecule has 2 aromatic heterocycles. The highest BCUT2D eigenvalue weighted by Gasteiger charge is 2.32. The lowest BCUT2D eigenvalue weighted by molar-refractivity contribution is -0.141. The van der Waals surface area contributed by atoms with Crippen molar-refractivity contribution in [2.75, 3.05) is 31.0 Å². The SMILES string of the molecule is COc1cccc(-c2nc(Nc3ccnc(C(F)(F)F)c3)cc(NC3COC3)n2)c1F. The van der Waals surface area contributed by atoms with Crippen molar-refractivity contribution in [2.45, 2.75) is 12.2 Å². The monoisotopic (exact) mass is 435 g/mol. The third-order valence-corrected chi connectivity index (χ3v) is 4.46. The predicted molar refractivity (Wildman–Crippen MR) is 105 cm³/mol. The quantitative estimate of drug-likeness (QED) is 0.560. The largest absolute Gasteiger partial charge is 0.494 e. The lowest BCUT2D eigenvalue weighted by Gasteiger charge is -2.27. The van der Waals surface area contributed by atoms with Crippen molar-refractivity contribution >= 4 is 17.3 Å². The molecule has 1 aliphatic heterocycles. The molecule has 2 N–H and O–H groups in total. The molecule has 0 unspecified atom stereocenters. The number of hydrogen-bond acceptors (Lipinski definition) is 7. The molecule has 1 saturated heterocycles. The number of methoxy groups -OCH3 is 1. The van der Waals surface area contributed by atoms with Crippen LogP contribution in [0.5, 0.6) is 5.75 Å². The van der Waals surface area contributed by atoms with E-state index in [1.165, 1.54) is 31.4 Å². The summed E-state index contributed by atoms with van der Waals surface area (Å²) < 4.78 is 63.8. The second-order valence-corrected chi connectivity index (χ2v) is 6.72. The summed E-state index contributed by atoms with van der Waals surface area (Å²) in [7, 11) is 1.34. The molecule has 4 rings (SSSR count). The summed E-state index contributed by atoms with van der Waals surface area (Å²) in [6.07, 6.45) is -3.55. The number of pyridine rings is 1. The number of alkyl halides is 3. The first-order chi connectivity index (χ1) is 14.8. The third-order valence-electron chi connectivity index (χ3n) is 4.46. The number of aromatic nitrogens is 3. The molecule has 0 aliphatic carbocycles. The summed E-state index contributed by atoms with van der Waals surface area (Å²) in [5, 5.41) is 5.94. The van der Waals surface area contributed by atoms with Gasteiger partial charge in [0.25, 0.3) is 0 Å². The summed E-state index contributed by atoms with van der Waals surface area (Å²) >= 11 is 0. The van der Waals surface area contributed by atoms with Gasteiger partial charge in [-0.15, -0.1) is 0 Å². The molecule has 0 bridgehead atoms. The molecule has 0 amide bonds. The van der Waals surface area contributed by atoms with Gasteiger partial charge in [0.05, 0.1) is 31.9 Å². The maximum absolute atomic E-state index is 14.8. The minimum Gasteiger partial charge on any atom is -0.494 e. The zero-order chi connectivity index (χ0) is 22.0. The first-order valence-electron chi connectivity index (χ1n) is 9.20. The lowest BCUT2D eigenvalue weighted by atomic mass is 10.2. The van der Waals surface area contributed by atoms with Crippen LogP contribution in [0.3, 0.4) is 0 Å².